The lowest BCUT2D eigenvalue weighted by molar-refractivity contribution is -0.138. The van der Waals surface area contributed by atoms with Gasteiger partial charge in [0.15, 0.2) is 5.69 Å². The van der Waals surface area contributed by atoms with E-state index in [4.69, 9.17) is 4.74 Å². The first-order valence-electron chi connectivity index (χ1n) is 7.83. The van der Waals surface area contributed by atoms with Crippen LogP contribution < -0.4 is 5.56 Å². The Hall–Kier alpha value is -3.09. The lowest BCUT2D eigenvalue weighted by Crippen LogP contribution is -2.19. The SMILES string of the molecule is CCOC(=O)C(C=Nc1c(C)n(C)n(-c2ccccc2)c1=O)=C(C)O. The van der Waals surface area contributed by atoms with Crippen molar-refractivity contribution < 1.29 is 14.6 Å². The largest absolute Gasteiger partial charge is 0.512 e. The Morgan fingerprint density at radius 3 is 2.52 bits per heavy atom. The van der Waals surface area contributed by atoms with Crippen LogP contribution in [0.4, 0.5) is 5.69 Å². The quantitative estimate of drug-likeness (QED) is 0.391. The zero-order valence-corrected chi connectivity index (χ0v) is 14.7. The summed E-state index contributed by atoms with van der Waals surface area (Å²) in [6, 6.07) is 9.17. The highest BCUT2D eigenvalue weighted by molar-refractivity contribution is 6.10. The molecule has 25 heavy (non-hydrogen) atoms. The van der Waals surface area contributed by atoms with E-state index in [0.29, 0.717) is 11.4 Å². The number of esters is 1. The molecule has 0 aliphatic heterocycles. The number of aliphatic hydroxyl groups excluding tert-OH is 1. The van der Waals surface area contributed by atoms with Crippen LogP contribution in [0.5, 0.6) is 0 Å². The van der Waals surface area contributed by atoms with Crippen molar-refractivity contribution in [2.24, 2.45) is 12.0 Å². The lowest BCUT2D eigenvalue weighted by Gasteiger charge is -2.07. The zero-order chi connectivity index (χ0) is 18.6. The molecule has 0 atom stereocenters. The van der Waals surface area contributed by atoms with Gasteiger partial charge in [-0.1, -0.05) is 18.2 Å². The molecule has 1 N–H and O–H groups in total. The minimum absolute atomic E-state index is 0.0873. The maximum Gasteiger partial charge on any atom is 0.343 e. The van der Waals surface area contributed by atoms with E-state index >= 15 is 0 Å². The molecule has 0 spiro atoms. The molecule has 0 amide bonds. The van der Waals surface area contributed by atoms with Gasteiger partial charge in [0.1, 0.15) is 11.3 Å². The molecule has 0 aliphatic rings. The fraction of sp³-hybridized carbons (Fsp3) is 0.278. The fourth-order valence-corrected chi connectivity index (χ4v) is 2.33. The zero-order valence-electron chi connectivity index (χ0n) is 14.7. The van der Waals surface area contributed by atoms with E-state index in [9.17, 15) is 14.7 Å². The number of carbonyl (C=O) groups excluding carboxylic acids is 1. The second-order valence-corrected chi connectivity index (χ2v) is 5.39. The minimum Gasteiger partial charge on any atom is -0.512 e. The van der Waals surface area contributed by atoms with Gasteiger partial charge in [0.25, 0.3) is 5.56 Å². The second-order valence-electron chi connectivity index (χ2n) is 5.39. The first-order chi connectivity index (χ1) is 11.9. The van der Waals surface area contributed by atoms with Crippen molar-refractivity contribution in [3.8, 4) is 5.69 Å². The highest BCUT2D eigenvalue weighted by atomic mass is 16.5. The average Bonchev–Trinajstić information content (AvgIpc) is 2.79. The number of aromatic nitrogens is 2. The molecule has 0 saturated heterocycles. The summed E-state index contributed by atoms with van der Waals surface area (Å²) in [4.78, 5) is 28.7. The smallest absolute Gasteiger partial charge is 0.343 e. The molecule has 0 aliphatic carbocycles. The van der Waals surface area contributed by atoms with Gasteiger partial charge in [-0.3, -0.25) is 9.48 Å². The molecule has 2 rings (SSSR count). The van der Waals surface area contributed by atoms with Crippen molar-refractivity contribution in [3.63, 3.8) is 0 Å². The van der Waals surface area contributed by atoms with Gasteiger partial charge in [0.05, 0.1) is 18.0 Å². The van der Waals surface area contributed by atoms with Crippen LogP contribution in [-0.4, -0.2) is 33.3 Å². The van der Waals surface area contributed by atoms with Crippen molar-refractivity contribution in [1.29, 1.82) is 0 Å². The molecular formula is C18H21N3O4. The van der Waals surface area contributed by atoms with Crippen LogP contribution in [0.2, 0.25) is 0 Å². The summed E-state index contributed by atoms with van der Waals surface area (Å²) in [6.45, 7) is 4.96. The van der Waals surface area contributed by atoms with Gasteiger partial charge in [-0.05, 0) is 32.9 Å². The van der Waals surface area contributed by atoms with Crippen LogP contribution >= 0.6 is 0 Å². The summed E-state index contributed by atoms with van der Waals surface area (Å²) in [6.07, 6.45) is 1.16. The summed E-state index contributed by atoms with van der Waals surface area (Å²) < 4.78 is 8.05. The molecular weight excluding hydrogens is 322 g/mol. The van der Waals surface area contributed by atoms with Crippen LogP contribution in [0.3, 0.4) is 0 Å². The number of rotatable bonds is 5. The van der Waals surface area contributed by atoms with Crippen molar-refractivity contribution in [2.45, 2.75) is 20.8 Å². The van der Waals surface area contributed by atoms with Gasteiger partial charge in [-0.15, -0.1) is 0 Å². The van der Waals surface area contributed by atoms with Gasteiger partial charge in [-0.25, -0.2) is 14.5 Å². The highest BCUT2D eigenvalue weighted by Gasteiger charge is 2.17. The second kappa shape index (κ2) is 7.65. The number of aliphatic hydroxyl groups is 1. The van der Waals surface area contributed by atoms with Gasteiger partial charge in [0, 0.05) is 13.3 Å². The van der Waals surface area contributed by atoms with Crippen molar-refractivity contribution in [3.05, 3.63) is 57.7 Å². The van der Waals surface area contributed by atoms with Crippen LogP contribution in [0, 0.1) is 6.92 Å². The summed E-state index contributed by atoms with van der Waals surface area (Å²) in [5, 5.41) is 9.66. The lowest BCUT2D eigenvalue weighted by atomic mass is 10.2. The maximum absolute atomic E-state index is 12.7. The van der Waals surface area contributed by atoms with E-state index in [1.165, 1.54) is 11.6 Å². The molecule has 0 bridgehead atoms. The van der Waals surface area contributed by atoms with Gasteiger partial charge >= 0.3 is 5.97 Å². The molecule has 1 aromatic carbocycles. The normalized spacial score (nSPS) is 12.3. The Labute approximate surface area is 145 Å². The summed E-state index contributed by atoms with van der Waals surface area (Å²) in [5.41, 5.74) is 1.12. The Morgan fingerprint density at radius 2 is 1.96 bits per heavy atom. The van der Waals surface area contributed by atoms with Gasteiger partial charge in [-0.2, -0.15) is 0 Å². The van der Waals surface area contributed by atoms with Crippen LogP contribution in [0.15, 0.2) is 51.5 Å². The molecule has 7 nitrogen and oxygen atoms in total. The predicted octanol–water partition coefficient (Wildman–Crippen LogP) is 2.58. The molecule has 0 saturated carbocycles. The third kappa shape index (κ3) is 3.71. The maximum atomic E-state index is 12.7. The third-order valence-corrected chi connectivity index (χ3v) is 3.73. The van der Waals surface area contributed by atoms with E-state index in [2.05, 4.69) is 4.99 Å². The molecule has 0 fully saturated rings. The monoisotopic (exact) mass is 343 g/mol. The molecule has 0 unspecified atom stereocenters. The number of nitrogens with zero attached hydrogens (tertiary/aromatic N) is 3. The van der Waals surface area contributed by atoms with E-state index < -0.39 is 5.97 Å². The first-order valence-corrected chi connectivity index (χ1v) is 7.83. The number of allylic oxidation sites excluding steroid dienone is 1. The molecule has 0 radical (unpaired) electrons. The molecule has 132 valence electrons. The number of aliphatic imine (C=N–C) groups is 1. The van der Waals surface area contributed by atoms with Gasteiger partial charge in [0.2, 0.25) is 0 Å². The number of carbonyl (C=O) groups is 1. The number of hydrogen-bond acceptors (Lipinski definition) is 5. The molecule has 2 aromatic rings. The number of benzene rings is 1. The topological polar surface area (TPSA) is 85.8 Å². The van der Waals surface area contributed by atoms with Crippen LogP contribution in [0.1, 0.15) is 19.5 Å². The molecule has 7 heteroatoms. The van der Waals surface area contributed by atoms with Crippen molar-refractivity contribution >= 4 is 17.9 Å². The summed E-state index contributed by atoms with van der Waals surface area (Å²) >= 11 is 0. The highest BCUT2D eigenvalue weighted by Crippen LogP contribution is 2.17. The van der Waals surface area contributed by atoms with E-state index in [0.717, 1.165) is 6.21 Å². The van der Waals surface area contributed by atoms with Crippen LogP contribution in [0.25, 0.3) is 5.69 Å². The fourth-order valence-electron chi connectivity index (χ4n) is 2.33. The Balaban J connectivity index is 2.50. The molecule has 1 heterocycles. The Morgan fingerprint density at radius 1 is 1.32 bits per heavy atom. The first kappa shape index (κ1) is 18.3. The summed E-state index contributed by atoms with van der Waals surface area (Å²) in [7, 11) is 1.75. The van der Waals surface area contributed by atoms with Crippen molar-refractivity contribution in [2.75, 3.05) is 6.61 Å². The third-order valence-electron chi connectivity index (χ3n) is 3.73. The number of hydrogen-bond donors (Lipinski definition) is 1. The number of para-hydroxylation sites is 1. The Kier molecular flexibility index (Phi) is 5.59. The van der Waals surface area contributed by atoms with Gasteiger partial charge < -0.3 is 9.84 Å². The predicted molar refractivity (Wildman–Crippen MR) is 95.9 cm³/mol. The van der Waals surface area contributed by atoms with E-state index in [1.807, 2.05) is 30.3 Å². The van der Waals surface area contributed by atoms with E-state index in [-0.39, 0.29) is 29.2 Å². The molecule has 1 aromatic heterocycles. The summed E-state index contributed by atoms with van der Waals surface area (Å²) in [5.74, 6) is -0.914. The Bertz CT molecular complexity index is 885. The van der Waals surface area contributed by atoms with Crippen molar-refractivity contribution in [1.82, 2.24) is 9.36 Å². The average molecular weight is 343 g/mol. The number of ether oxygens (including phenoxy) is 1. The van der Waals surface area contributed by atoms with Crippen LogP contribution in [-0.2, 0) is 16.6 Å². The standard InChI is InChI=1S/C18H21N3O4/c1-5-25-18(24)15(13(3)22)11-19-16-12(2)20(4)21(17(16)23)14-9-7-6-8-10-14/h6-11,22H,5H2,1-4H3. The minimum atomic E-state index is -0.691. The van der Waals surface area contributed by atoms with E-state index in [1.54, 1.807) is 25.6 Å².